The van der Waals surface area contributed by atoms with Crippen LogP contribution in [0.3, 0.4) is 0 Å². The van der Waals surface area contributed by atoms with E-state index in [2.05, 4.69) is 15.9 Å². The van der Waals surface area contributed by atoms with Gasteiger partial charge in [0.05, 0.1) is 14.2 Å². The van der Waals surface area contributed by atoms with Crippen LogP contribution >= 0.6 is 15.9 Å². The lowest BCUT2D eigenvalue weighted by Crippen LogP contribution is -1.96. The molecule has 5 heteroatoms. The number of carbonyl (C=O) groups is 1. The molecule has 4 nitrogen and oxygen atoms in total. The predicted octanol–water partition coefficient (Wildman–Crippen LogP) is 3.65. The largest absolute Gasteiger partial charge is 0.493 e. The van der Waals surface area contributed by atoms with E-state index >= 15 is 0 Å². The first-order valence-electron chi connectivity index (χ1n) is 6.20. The van der Waals surface area contributed by atoms with Crippen LogP contribution in [0.25, 0.3) is 0 Å². The summed E-state index contributed by atoms with van der Waals surface area (Å²) in [7, 11) is 3.22. The molecule has 0 bridgehead atoms. The molecule has 0 saturated carbocycles. The van der Waals surface area contributed by atoms with Crippen molar-refractivity contribution in [2.24, 2.45) is 0 Å². The van der Waals surface area contributed by atoms with Crippen molar-refractivity contribution in [2.75, 3.05) is 14.2 Å². The molecule has 1 aromatic rings. The molecule has 1 rings (SSSR count). The second-order valence-corrected chi connectivity index (χ2v) is 5.11. The van der Waals surface area contributed by atoms with Gasteiger partial charge in [0, 0.05) is 10.9 Å². The molecule has 0 amide bonds. The molecular formula is C14H19BrO4. The van der Waals surface area contributed by atoms with Crippen molar-refractivity contribution >= 4 is 21.9 Å². The Hall–Kier alpha value is -1.23. The maximum absolute atomic E-state index is 10.4. The Labute approximate surface area is 121 Å². The van der Waals surface area contributed by atoms with Gasteiger partial charge in [-0.2, -0.15) is 0 Å². The zero-order chi connectivity index (χ0) is 14.3. The monoisotopic (exact) mass is 330 g/mol. The molecule has 1 N–H and O–H groups in total. The lowest BCUT2D eigenvalue weighted by Gasteiger charge is -2.11. The Morgan fingerprint density at radius 3 is 2.37 bits per heavy atom. The number of benzene rings is 1. The van der Waals surface area contributed by atoms with Gasteiger partial charge in [0.1, 0.15) is 0 Å². The average Bonchev–Trinajstić information content (AvgIpc) is 2.39. The third-order valence-corrected chi connectivity index (χ3v) is 3.63. The number of halogens is 1. The fraction of sp³-hybridized carbons (Fsp3) is 0.500. The quantitative estimate of drug-likeness (QED) is 0.739. The van der Waals surface area contributed by atoms with Gasteiger partial charge in [0.2, 0.25) is 0 Å². The second kappa shape index (κ2) is 8.04. The van der Waals surface area contributed by atoms with Gasteiger partial charge in [-0.15, -0.1) is 0 Å². The summed E-state index contributed by atoms with van der Waals surface area (Å²) in [5.41, 5.74) is 1.15. The number of carboxylic acids is 1. The summed E-state index contributed by atoms with van der Waals surface area (Å²) in [5.74, 6) is 0.683. The zero-order valence-corrected chi connectivity index (χ0v) is 12.8. The molecule has 0 saturated heterocycles. The van der Waals surface area contributed by atoms with Gasteiger partial charge >= 0.3 is 5.97 Å². The fourth-order valence-corrected chi connectivity index (χ4v) is 2.38. The molecule has 1 aromatic carbocycles. The van der Waals surface area contributed by atoms with E-state index < -0.39 is 5.97 Å². The van der Waals surface area contributed by atoms with Crippen molar-refractivity contribution in [3.8, 4) is 11.5 Å². The van der Waals surface area contributed by atoms with Gasteiger partial charge in [0.15, 0.2) is 11.5 Å². The summed E-state index contributed by atoms with van der Waals surface area (Å²) in [6, 6.07) is 3.85. The minimum absolute atomic E-state index is 0.243. The van der Waals surface area contributed by atoms with Gasteiger partial charge in [-0.1, -0.05) is 22.4 Å². The molecule has 0 aromatic heterocycles. The molecule has 0 radical (unpaired) electrons. The van der Waals surface area contributed by atoms with Gasteiger partial charge in [-0.05, 0) is 37.0 Å². The summed E-state index contributed by atoms with van der Waals surface area (Å²) < 4.78 is 11.5. The van der Waals surface area contributed by atoms with Crippen LogP contribution in [0.15, 0.2) is 16.6 Å². The SMILES string of the molecule is COc1cc(Br)c(CCCCCC(=O)O)cc1OC. The van der Waals surface area contributed by atoms with Crippen LogP contribution in [0, 0.1) is 0 Å². The van der Waals surface area contributed by atoms with E-state index in [4.69, 9.17) is 14.6 Å². The standard InChI is InChI=1S/C14H19BrO4/c1-18-12-8-10(11(15)9-13(12)19-2)6-4-3-5-7-14(16)17/h8-9H,3-7H2,1-2H3,(H,16,17). The van der Waals surface area contributed by atoms with E-state index in [-0.39, 0.29) is 6.42 Å². The number of hydrogen-bond acceptors (Lipinski definition) is 3. The van der Waals surface area contributed by atoms with Crippen molar-refractivity contribution in [2.45, 2.75) is 32.1 Å². The van der Waals surface area contributed by atoms with Gasteiger partial charge in [-0.3, -0.25) is 4.79 Å². The number of aryl methyl sites for hydroxylation is 1. The van der Waals surface area contributed by atoms with E-state index in [0.29, 0.717) is 11.5 Å². The second-order valence-electron chi connectivity index (χ2n) is 4.25. The average molecular weight is 331 g/mol. The molecule has 0 spiro atoms. The van der Waals surface area contributed by atoms with E-state index in [1.807, 2.05) is 12.1 Å². The summed E-state index contributed by atoms with van der Waals surface area (Å²) in [4.78, 5) is 10.4. The molecule has 0 aliphatic rings. The Kier molecular flexibility index (Phi) is 6.70. The van der Waals surface area contributed by atoms with E-state index in [0.717, 1.165) is 35.7 Å². The zero-order valence-electron chi connectivity index (χ0n) is 11.2. The predicted molar refractivity (Wildman–Crippen MR) is 77.1 cm³/mol. The van der Waals surface area contributed by atoms with Crippen molar-refractivity contribution in [1.82, 2.24) is 0 Å². The maximum Gasteiger partial charge on any atom is 0.303 e. The molecule has 0 atom stereocenters. The van der Waals surface area contributed by atoms with Gasteiger partial charge in [-0.25, -0.2) is 0 Å². The number of carboxylic acid groups (broad SMARTS) is 1. The molecule has 0 aliphatic heterocycles. The Balaban J connectivity index is 2.56. The number of rotatable bonds is 8. The maximum atomic E-state index is 10.4. The number of methoxy groups -OCH3 is 2. The molecule has 0 aliphatic carbocycles. The van der Waals surface area contributed by atoms with Crippen LogP contribution in [-0.4, -0.2) is 25.3 Å². The lowest BCUT2D eigenvalue weighted by atomic mass is 10.1. The Bertz CT molecular complexity index is 432. The van der Waals surface area contributed by atoms with Crippen molar-refractivity contribution in [3.63, 3.8) is 0 Å². The number of aliphatic carboxylic acids is 1. The number of unbranched alkanes of at least 4 members (excludes halogenated alkanes) is 2. The highest BCUT2D eigenvalue weighted by Gasteiger charge is 2.09. The van der Waals surface area contributed by atoms with Crippen molar-refractivity contribution in [3.05, 3.63) is 22.2 Å². The summed E-state index contributed by atoms with van der Waals surface area (Å²) >= 11 is 3.51. The number of hydrogen-bond donors (Lipinski definition) is 1. The van der Waals surface area contributed by atoms with E-state index in [9.17, 15) is 4.79 Å². The van der Waals surface area contributed by atoms with Crippen LogP contribution in [0.5, 0.6) is 11.5 Å². The van der Waals surface area contributed by atoms with Gasteiger partial charge in [0.25, 0.3) is 0 Å². The first-order chi connectivity index (χ1) is 9.08. The smallest absolute Gasteiger partial charge is 0.303 e. The highest BCUT2D eigenvalue weighted by atomic mass is 79.9. The first kappa shape index (κ1) is 15.8. The molecule has 0 heterocycles. The minimum atomic E-state index is -0.729. The van der Waals surface area contributed by atoms with Gasteiger partial charge < -0.3 is 14.6 Å². The van der Waals surface area contributed by atoms with Crippen LogP contribution in [0.2, 0.25) is 0 Å². The summed E-state index contributed by atoms with van der Waals surface area (Å²) in [6.45, 7) is 0. The molecule has 0 unspecified atom stereocenters. The number of ether oxygens (including phenoxy) is 2. The van der Waals surface area contributed by atoms with Crippen LogP contribution < -0.4 is 9.47 Å². The highest BCUT2D eigenvalue weighted by molar-refractivity contribution is 9.10. The van der Waals surface area contributed by atoms with Crippen molar-refractivity contribution in [1.29, 1.82) is 0 Å². The molecule has 0 fully saturated rings. The van der Waals surface area contributed by atoms with Crippen LogP contribution in [0.1, 0.15) is 31.2 Å². The molecular weight excluding hydrogens is 312 g/mol. The Morgan fingerprint density at radius 2 is 1.79 bits per heavy atom. The Morgan fingerprint density at radius 1 is 1.16 bits per heavy atom. The molecule has 106 valence electrons. The van der Waals surface area contributed by atoms with Crippen LogP contribution in [0.4, 0.5) is 0 Å². The van der Waals surface area contributed by atoms with Crippen molar-refractivity contribution < 1.29 is 19.4 Å². The van der Waals surface area contributed by atoms with Crippen LogP contribution in [-0.2, 0) is 11.2 Å². The normalized spacial score (nSPS) is 10.3. The first-order valence-corrected chi connectivity index (χ1v) is 7.00. The van der Waals surface area contributed by atoms with E-state index in [1.54, 1.807) is 14.2 Å². The summed E-state index contributed by atoms with van der Waals surface area (Å²) in [6.07, 6.45) is 3.72. The third-order valence-electron chi connectivity index (χ3n) is 2.89. The lowest BCUT2D eigenvalue weighted by molar-refractivity contribution is -0.137. The molecule has 19 heavy (non-hydrogen) atoms. The topological polar surface area (TPSA) is 55.8 Å². The third kappa shape index (κ3) is 5.11. The summed E-state index contributed by atoms with van der Waals surface area (Å²) in [5, 5.41) is 8.56. The fourth-order valence-electron chi connectivity index (χ4n) is 1.86. The van der Waals surface area contributed by atoms with E-state index in [1.165, 1.54) is 0 Å². The highest BCUT2D eigenvalue weighted by Crippen LogP contribution is 2.33. The minimum Gasteiger partial charge on any atom is -0.493 e.